The summed E-state index contributed by atoms with van der Waals surface area (Å²) in [6.07, 6.45) is -0.111. The molecule has 1 saturated heterocycles. The van der Waals surface area contributed by atoms with Crippen molar-refractivity contribution in [1.29, 1.82) is 0 Å². The van der Waals surface area contributed by atoms with Gasteiger partial charge in [0.05, 0.1) is 12.1 Å². The van der Waals surface area contributed by atoms with Crippen LogP contribution < -0.4 is 22.1 Å². The summed E-state index contributed by atoms with van der Waals surface area (Å²) >= 11 is 0.987. The first kappa shape index (κ1) is 27.0. The van der Waals surface area contributed by atoms with Crippen LogP contribution in [0.3, 0.4) is 0 Å². The van der Waals surface area contributed by atoms with Gasteiger partial charge in [0, 0.05) is 19.3 Å². The largest absolute Gasteiger partial charge is 0.480 e. The molecule has 2 heterocycles. The highest BCUT2D eigenvalue weighted by Crippen LogP contribution is 2.46. The molecule has 8 N–H and O–H groups in total. The molecule has 2 rings (SSSR count). The van der Waals surface area contributed by atoms with Gasteiger partial charge >= 0.3 is 17.9 Å². The molecule has 16 heteroatoms. The molecule has 0 aliphatic carbocycles. The quantitative estimate of drug-likeness (QED) is 0.0828. The minimum Gasteiger partial charge on any atom is -0.480 e. The third-order valence-corrected chi connectivity index (χ3v) is 6.37. The first-order valence-electron chi connectivity index (χ1n) is 9.89. The van der Waals surface area contributed by atoms with Crippen LogP contribution >= 0.6 is 11.8 Å². The lowest BCUT2D eigenvalue weighted by molar-refractivity contribution is -0.192. The van der Waals surface area contributed by atoms with E-state index >= 15 is 0 Å². The lowest BCUT2D eigenvalue weighted by atomic mass is 9.97. The number of carbonyl (C=O) groups excluding carboxylic acids is 4. The highest BCUT2D eigenvalue weighted by Gasteiger charge is 2.67. The standard InChI is InChI=1S/C18H25N5O10S/c1-32-18(22-11(25)4-2-3-9(13(26)27)21-5-10(20)24)16(31)23-12(14(28)29)8(6-34-17(18)23)15(30)33-7-19/h9,17,21H,2-7,19H2,1H3,(H2,20,24)(H,22,25)(H,26,27)(H,28,29). The summed E-state index contributed by atoms with van der Waals surface area (Å²) in [5.41, 5.74) is 7.42. The second kappa shape index (κ2) is 11.3. The Kier molecular flexibility index (Phi) is 8.97. The van der Waals surface area contributed by atoms with Gasteiger partial charge in [0.1, 0.15) is 23.8 Å². The highest BCUT2D eigenvalue weighted by atomic mass is 32.2. The Morgan fingerprint density at radius 3 is 2.50 bits per heavy atom. The number of carboxylic acids is 2. The number of hydrogen-bond donors (Lipinski definition) is 6. The van der Waals surface area contributed by atoms with Crippen molar-refractivity contribution in [3.63, 3.8) is 0 Å². The lowest BCUT2D eigenvalue weighted by Gasteiger charge is -2.55. The Hall–Kier alpha value is -3.21. The fourth-order valence-corrected chi connectivity index (χ4v) is 4.89. The molecule has 188 valence electrons. The van der Waals surface area contributed by atoms with Crippen LogP contribution in [-0.4, -0.2) is 94.0 Å². The maximum absolute atomic E-state index is 12.9. The summed E-state index contributed by atoms with van der Waals surface area (Å²) < 4.78 is 9.93. The Labute approximate surface area is 197 Å². The van der Waals surface area contributed by atoms with Gasteiger partial charge < -0.3 is 30.7 Å². The molecule has 0 radical (unpaired) electrons. The molecule has 0 aromatic carbocycles. The fourth-order valence-electron chi connectivity index (χ4n) is 3.47. The molecule has 0 spiro atoms. The van der Waals surface area contributed by atoms with E-state index in [1.165, 1.54) is 0 Å². The molecule has 3 amide bonds. The monoisotopic (exact) mass is 503 g/mol. The molecule has 0 saturated carbocycles. The molecular weight excluding hydrogens is 478 g/mol. The predicted octanol–water partition coefficient (Wildman–Crippen LogP) is -3.14. The van der Waals surface area contributed by atoms with Crippen molar-refractivity contribution < 1.29 is 48.5 Å². The van der Waals surface area contributed by atoms with E-state index in [-0.39, 0.29) is 37.1 Å². The van der Waals surface area contributed by atoms with Crippen LogP contribution in [0, 0.1) is 0 Å². The highest BCUT2D eigenvalue weighted by molar-refractivity contribution is 8.00. The van der Waals surface area contributed by atoms with Gasteiger partial charge in [-0.15, -0.1) is 11.8 Å². The zero-order valence-electron chi connectivity index (χ0n) is 18.1. The number of aliphatic carboxylic acids is 2. The number of fused-ring (bicyclic) bond motifs is 1. The van der Waals surface area contributed by atoms with Crippen molar-refractivity contribution >= 4 is 47.4 Å². The van der Waals surface area contributed by atoms with Crippen LogP contribution in [0.25, 0.3) is 0 Å². The van der Waals surface area contributed by atoms with Gasteiger partial charge in [0.2, 0.25) is 11.8 Å². The van der Waals surface area contributed by atoms with E-state index in [0.717, 1.165) is 23.8 Å². The summed E-state index contributed by atoms with van der Waals surface area (Å²) in [5.74, 6) is -6.17. The molecule has 3 unspecified atom stereocenters. The van der Waals surface area contributed by atoms with E-state index in [2.05, 4.69) is 15.4 Å². The average molecular weight is 503 g/mol. The Morgan fingerprint density at radius 1 is 1.29 bits per heavy atom. The average Bonchev–Trinajstić information content (AvgIpc) is 2.77. The molecule has 1 fully saturated rings. The number of esters is 1. The lowest BCUT2D eigenvalue weighted by Crippen LogP contribution is -2.80. The molecule has 0 bridgehead atoms. The number of hydrogen-bond acceptors (Lipinski definition) is 11. The summed E-state index contributed by atoms with van der Waals surface area (Å²) in [6, 6.07) is -1.11. The number of amides is 3. The number of ether oxygens (including phenoxy) is 2. The van der Waals surface area contributed by atoms with Gasteiger partial charge in [-0.1, -0.05) is 0 Å². The van der Waals surface area contributed by atoms with E-state index in [1.54, 1.807) is 0 Å². The van der Waals surface area contributed by atoms with Crippen molar-refractivity contribution in [1.82, 2.24) is 15.5 Å². The second-order valence-corrected chi connectivity index (χ2v) is 8.26. The molecule has 3 atom stereocenters. The van der Waals surface area contributed by atoms with Gasteiger partial charge in [0.25, 0.3) is 11.6 Å². The molecule has 2 aliphatic rings. The molecule has 0 aromatic rings. The Balaban J connectivity index is 2.07. The number of rotatable bonds is 13. The number of methoxy groups -OCH3 is 1. The van der Waals surface area contributed by atoms with Crippen molar-refractivity contribution in [2.45, 2.75) is 36.4 Å². The Morgan fingerprint density at radius 2 is 1.97 bits per heavy atom. The fraction of sp³-hybridized carbons (Fsp3) is 0.556. The van der Waals surface area contributed by atoms with Gasteiger partial charge in [-0.3, -0.25) is 35.1 Å². The maximum atomic E-state index is 12.9. The second-order valence-electron chi connectivity index (χ2n) is 7.19. The maximum Gasteiger partial charge on any atom is 0.353 e. The van der Waals surface area contributed by atoms with Gasteiger partial charge in [-0.05, 0) is 12.8 Å². The zero-order valence-corrected chi connectivity index (χ0v) is 18.9. The third kappa shape index (κ3) is 5.46. The van der Waals surface area contributed by atoms with E-state index in [1.807, 2.05) is 0 Å². The van der Waals surface area contributed by atoms with Crippen LogP contribution in [0.1, 0.15) is 19.3 Å². The number of carbonyl (C=O) groups is 6. The van der Waals surface area contributed by atoms with Gasteiger partial charge in [0.15, 0.2) is 0 Å². The molecular formula is C18H25N5O10S. The first-order valence-corrected chi connectivity index (χ1v) is 10.9. The van der Waals surface area contributed by atoms with Crippen molar-refractivity contribution in [2.24, 2.45) is 11.5 Å². The SMILES string of the molecule is COC1(NC(=O)CCCC(NCC(N)=O)C(=O)O)C(=O)N2C(C(=O)O)=C(C(=O)OCN)CSC21. The van der Waals surface area contributed by atoms with Crippen molar-refractivity contribution in [3.8, 4) is 0 Å². The zero-order chi connectivity index (χ0) is 25.6. The van der Waals surface area contributed by atoms with E-state index < -0.39 is 65.2 Å². The first-order chi connectivity index (χ1) is 16.0. The smallest absolute Gasteiger partial charge is 0.353 e. The summed E-state index contributed by atoms with van der Waals surface area (Å²) in [7, 11) is 1.16. The number of thioether (sulfide) groups is 1. The number of β-lactam (4-membered cyclic amide) rings is 1. The van der Waals surface area contributed by atoms with Crippen LogP contribution in [-0.2, 0) is 38.2 Å². The van der Waals surface area contributed by atoms with Gasteiger partial charge in [-0.2, -0.15) is 0 Å². The summed E-state index contributed by atoms with van der Waals surface area (Å²) in [5, 5.41) is 22.7. The predicted molar refractivity (Wildman–Crippen MR) is 113 cm³/mol. The summed E-state index contributed by atoms with van der Waals surface area (Å²) in [6.45, 7) is -0.824. The van der Waals surface area contributed by atoms with Crippen LogP contribution in [0.4, 0.5) is 0 Å². The van der Waals surface area contributed by atoms with Crippen LogP contribution in [0.2, 0.25) is 0 Å². The van der Waals surface area contributed by atoms with E-state index in [4.69, 9.17) is 16.2 Å². The molecule has 2 aliphatic heterocycles. The number of carboxylic acid groups (broad SMARTS) is 2. The van der Waals surface area contributed by atoms with E-state index in [0.29, 0.717) is 0 Å². The normalized spacial score (nSPS) is 22.4. The molecule has 34 heavy (non-hydrogen) atoms. The molecule has 0 aromatic heterocycles. The summed E-state index contributed by atoms with van der Waals surface area (Å²) in [4.78, 5) is 72.1. The van der Waals surface area contributed by atoms with Crippen LogP contribution in [0.15, 0.2) is 11.3 Å². The number of nitrogens with one attached hydrogen (secondary N) is 2. The number of nitrogens with zero attached hydrogens (tertiary/aromatic N) is 1. The van der Waals surface area contributed by atoms with E-state index in [9.17, 15) is 39.0 Å². The van der Waals surface area contributed by atoms with Gasteiger partial charge in [-0.25, -0.2) is 9.59 Å². The van der Waals surface area contributed by atoms with Crippen LogP contribution in [0.5, 0.6) is 0 Å². The Bertz CT molecular complexity index is 925. The number of nitrogens with two attached hydrogens (primary N) is 2. The molecule has 15 nitrogen and oxygen atoms in total. The van der Waals surface area contributed by atoms with Crippen molar-refractivity contribution in [2.75, 3.05) is 26.1 Å². The minimum absolute atomic E-state index is 0.00716. The van der Waals surface area contributed by atoms with Crippen molar-refractivity contribution in [3.05, 3.63) is 11.3 Å². The minimum atomic E-state index is -1.87. The third-order valence-electron chi connectivity index (χ3n) is 5.06. The number of primary amides is 1. The topological polar surface area (TPSA) is 241 Å².